The summed E-state index contributed by atoms with van der Waals surface area (Å²) in [6.45, 7) is 10.2. The maximum Gasteiger partial charge on any atom is 0.203 e. The van der Waals surface area contributed by atoms with Gasteiger partial charge in [0, 0.05) is 18.7 Å². The van der Waals surface area contributed by atoms with Crippen molar-refractivity contribution >= 4 is 29.9 Å². The molecule has 0 bridgehead atoms. The molecule has 0 aliphatic carbocycles. The van der Waals surface area contributed by atoms with Gasteiger partial charge in [-0.15, -0.1) is 24.0 Å². The molecule has 8 heteroatoms. The predicted molar refractivity (Wildman–Crippen MR) is 134 cm³/mol. The molecule has 1 saturated heterocycles. The van der Waals surface area contributed by atoms with Crippen LogP contribution in [0.2, 0.25) is 0 Å². The van der Waals surface area contributed by atoms with Crippen LogP contribution in [0.4, 0.5) is 0 Å². The lowest BCUT2D eigenvalue weighted by atomic mass is 9.99. The van der Waals surface area contributed by atoms with Crippen molar-refractivity contribution in [2.75, 3.05) is 54.1 Å². The van der Waals surface area contributed by atoms with E-state index in [1.165, 1.54) is 25.9 Å². The van der Waals surface area contributed by atoms with Crippen LogP contribution >= 0.6 is 24.0 Å². The molecule has 0 unspecified atom stereocenters. The highest BCUT2D eigenvalue weighted by atomic mass is 127. The van der Waals surface area contributed by atoms with Gasteiger partial charge in [0.1, 0.15) is 0 Å². The molecule has 1 fully saturated rings. The molecule has 2 rings (SSSR count). The molecular weight excluding hydrogens is 495 g/mol. The quantitative estimate of drug-likeness (QED) is 0.207. The molecule has 0 saturated carbocycles. The third-order valence-electron chi connectivity index (χ3n) is 5.36. The number of guanidine groups is 1. The van der Waals surface area contributed by atoms with Crippen LogP contribution in [0.1, 0.15) is 38.7 Å². The molecule has 0 atom stereocenters. The highest BCUT2D eigenvalue weighted by Crippen LogP contribution is 2.39. The van der Waals surface area contributed by atoms with Crippen LogP contribution in [0.3, 0.4) is 0 Å². The van der Waals surface area contributed by atoms with E-state index < -0.39 is 0 Å². The highest BCUT2D eigenvalue weighted by molar-refractivity contribution is 14.0. The van der Waals surface area contributed by atoms with Crippen molar-refractivity contribution in [2.24, 2.45) is 10.9 Å². The summed E-state index contributed by atoms with van der Waals surface area (Å²) < 4.78 is 16.4. The Hall–Kier alpha value is -1.42. The first-order valence-corrected chi connectivity index (χ1v) is 10.6. The number of rotatable bonds is 10. The lowest BCUT2D eigenvalue weighted by Crippen LogP contribution is -2.39. The number of hydrogen-bond donors (Lipinski definition) is 2. The van der Waals surface area contributed by atoms with Gasteiger partial charge in [0.25, 0.3) is 0 Å². The largest absolute Gasteiger partial charge is 0.493 e. The second kappa shape index (κ2) is 14.6. The van der Waals surface area contributed by atoms with Crippen molar-refractivity contribution in [3.8, 4) is 17.2 Å². The van der Waals surface area contributed by atoms with Crippen molar-refractivity contribution in [3.63, 3.8) is 0 Å². The van der Waals surface area contributed by atoms with Gasteiger partial charge in [-0.3, -0.25) is 0 Å². The molecule has 0 radical (unpaired) electrons. The van der Waals surface area contributed by atoms with E-state index in [4.69, 9.17) is 19.2 Å². The second-order valence-corrected chi connectivity index (χ2v) is 7.49. The summed E-state index contributed by atoms with van der Waals surface area (Å²) >= 11 is 0. The van der Waals surface area contributed by atoms with Gasteiger partial charge >= 0.3 is 0 Å². The Morgan fingerprint density at radius 3 is 2.37 bits per heavy atom. The minimum atomic E-state index is 0. The summed E-state index contributed by atoms with van der Waals surface area (Å²) in [5, 5.41) is 6.76. The van der Waals surface area contributed by atoms with Crippen LogP contribution in [0.25, 0.3) is 0 Å². The minimum Gasteiger partial charge on any atom is -0.493 e. The number of nitrogens with one attached hydrogen (secondary N) is 2. The Bertz CT molecular complexity index is 650. The standard InChI is InChI=1S/C22H38N4O3.HI/c1-6-23-22(24-12-7-13-26-14-10-17(2)11-15-26)25-16-18-8-9-19(27-3)21(29-5)20(18)28-4;/h8-9,17H,6-7,10-16H2,1-5H3,(H2,23,24,25);1H. The molecule has 1 heterocycles. The van der Waals surface area contributed by atoms with Crippen LogP contribution in [0.5, 0.6) is 17.2 Å². The maximum atomic E-state index is 5.55. The minimum absolute atomic E-state index is 0. The zero-order chi connectivity index (χ0) is 21.1. The number of methoxy groups -OCH3 is 3. The summed E-state index contributed by atoms with van der Waals surface area (Å²) in [5.41, 5.74) is 0.949. The summed E-state index contributed by atoms with van der Waals surface area (Å²) in [5.74, 6) is 3.60. The Kier molecular flexibility index (Phi) is 12.9. The van der Waals surface area contributed by atoms with Gasteiger partial charge in [-0.05, 0) is 63.9 Å². The zero-order valence-electron chi connectivity index (χ0n) is 19.1. The third-order valence-corrected chi connectivity index (χ3v) is 5.36. The lowest BCUT2D eigenvalue weighted by molar-refractivity contribution is 0.191. The van der Waals surface area contributed by atoms with Gasteiger partial charge in [-0.2, -0.15) is 0 Å². The van der Waals surface area contributed by atoms with Gasteiger partial charge in [0.05, 0.1) is 27.9 Å². The van der Waals surface area contributed by atoms with Crippen molar-refractivity contribution in [2.45, 2.75) is 39.7 Å². The first kappa shape index (κ1) is 26.6. The van der Waals surface area contributed by atoms with Crippen LogP contribution in [-0.4, -0.2) is 64.9 Å². The number of nitrogens with zero attached hydrogens (tertiary/aromatic N) is 2. The van der Waals surface area contributed by atoms with E-state index in [1.54, 1.807) is 21.3 Å². The van der Waals surface area contributed by atoms with E-state index >= 15 is 0 Å². The maximum absolute atomic E-state index is 5.55. The Balaban J connectivity index is 0.00000450. The Labute approximate surface area is 199 Å². The van der Waals surface area contributed by atoms with Crippen LogP contribution in [0, 0.1) is 5.92 Å². The van der Waals surface area contributed by atoms with Crippen molar-refractivity contribution in [1.29, 1.82) is 0 Å². The topological polar surface area (TPSA) is 67.4 Å². The SMILES string of the molecule is CCNC(=NCc1ccc(OC)c(OC)c1OC)NCCCN1CCC(C)CC1.I. The number of ether oxygens (including phenoxy) is 3. The average molecular weight is 534 g/mol. The van der Waals surface area contributed by atoms with Crippen LogP contribution in [0.15, 0.2) is 17.1 Å². The van der Waals surface area contributed by atoms with E-state index in [-0.39, 0.29) is 24.0 Å². The number of piperidine rings is 1. The van der Waals surface area contributed by atoms with E-state index in [2.05, 4.69) is 29.4 Å². The molecule has 0 spiro atoms. The smallest absolute Gasteiger partial charge is 0.203 e. The summed E-state index contributed by atoms with van der Waals surface area (Å²) in [6, 6.07) is 3.84. The van der Waals surface area contributed by atoms with Gasteiger partial charge in [-0.1, -0.05) is 6.92 Å². The molecule has 2 N–H and O–H groups in total. The van der Waals surface area contributed by atoms with Gasteiger partial charge in [-0.25, -0.2) is 4.99 Å². The average Bonchev–Trinajstić information content (AvgIpc) is 2.75. The number of aliphatic imine (C=N–C) groups is 1. The number of likely N-dealkylation sites (tertiary alicyclic amines) is 1. The fraction of sp³-hybridized carbons (Fsp3) is 0.682. The monoisotopic (exact) mass is 534 g/mol. The lowest BCUT2D eigenvalue weighted by Gasteiger charge is -2.30. The molecule has 1 aromatic rings. The third kappa shape index (κ3) is 8.02. The fourth-order valence-electron chi connectivity index (χ4n) is 3.59. The molecule has 0 aromatic heterocycles. The number of benzene rings is 1. The fourth-order valence-corrected chi connectivity index (χ4v) is 3.59. The van der Waals surface area contributed by atoms with E-state index in [9.17, 15) is 0 Å². The molecule has 7 nitrogen and oxygen atoms in total. The first-order valence-electron chi connectivity index (χ1n) is 10.6. The van der Waals surface area contributed by atoms with Gasteiger partial charge < -0.3 is 29.7 Å². The van der Waals surface area contributed by atoms with E-state index in [1.807, 2.05) is 12.1 Å². The summed E-state index contributed by atoms with van der Waals surface area (Å²) in [7, 11) is 4.87. The molecule has 1 aromatic carbocycles. The van der Waals surface area contributed by atoms with Gasteiger partial charge in [0.15, 0.2) is 17.5 Å². The molecule has 30 heavy (non-hydrogen) atoms. The highest BCUT2D eigenvalue weighted by Gasteiger charge is 2.16. The van der Waals surface area contributed by atoms with Gasteiger partial charge in [0.2, 0.25) is 5.75 Å². The Morgan fingerprint density at radius 2 is 1.77 bits per heavy atom. The normalized spacial score (nSPS) is 15.3. The van der Waals surface area contributed by atoms with E-state index in [0.717, 1.165) is 43.5 Å². The zero-order valence-corrected chi connectivity index (χ0v) is 21.5. The second-order valence-electron chi connectivity index (χ2n) is 7.49. The molecule has 172 valence electrons. The summed E-state index contributed by atoms with van der Waals surface area (Å²) in [6.07, 6.45) is 3.76. The predicted octanol–water partition coefficient (Wildman–Crippen LogP) is 3.51. The molecule has 0 amide bonds. The Morgan fingerprint density at radius 1 is 1.07 bits per heavy atom. The first-order chi connectivity index (χ1) is 14.1. The van der Waals surface area contributed by atoms with Crippen molar-refractivity contribution in [3.05, 3.63) is 17.7 Å². The summed E-state index contributed by atoms with van der Waals surface area (Å²) in [4.78, 5) is 7.29. The molecular formula is C22H39IN4O3. The van der Waals surface area contributed by atoms with E-state index in [0.29, 0.717) is 23.8 Å². The van der Waals surface area contributed by atoms with Crippen molar-refractivity contribution in [1.82, 2.24) is 15.5 Å². The molecule has 1 aliphatic heterocycles. The number of hydrogen-bond acceptors (Lipinski definition) is 5. The van der Waals surface area contributed by atoms with Crippen LogP contribution in [-0.2, 0) is 6.54 Å². The van der Waals surface area contributed by atoms with Crippen LogP contribution < -0.4 is 24.8 Å². The molecule has 1 aliphatic rings. The number of halogens is 1. The van der Waals surface area contributed by atoms with Crippen molar-refractivity contribution < 1.29 is 14.2 Å².